The van der Waals surface area contributed by atoms with Crippen LogP contribution in [0.2, 0.25) is 0 Å². The van der Waals surface area contributed by atoms with E-state index < -0.39 is 0 Å². The molecule has 0 atom stereocenters. The fourth-order valence-electron chi connectivity index (χ4n) is 1.99. The molecule has 0 aliphatic carbocycles. The number of hydrogen-bond acceptors (Lipinski definition) is 3. The lowest BCUT2D eigenvalue weighted by Crippen LogP contribution is -2.46. The fourth-order valence-corrected chi connectivity index (χ4v) is 2.49. The number of unbranched alkanes of at least 4 members (excludes halogenated alkanes) is 1. The van der Waals surface area contributed by atoms with E-state index in [9.17, 15) is 4.79 Å². The van der Waals surface area contributed by atoms with Crippen molar-refractivity contribution in [1.82, 2.24) is 10.6 Å². The van der Waals surface area contributed by atoms with Crippen molar-refractivity contribution in [3.8, 4) is 0 Å². The highest BCUT2D eigenvalue weighted by Gasteiger charge is 2.33. The molecule has 1 amide bonds. The minimum absolute atomic E-state index is 0.134. The summed E-state index contributed by atoms with van der Waals surface area (Å²) in [4.78, 5) is 12.0. The van der Waals surface area contributed by atoms with Gasteiger partial charge in [0.05, 0.1) is 0 Å². The van der Waals surface area contributed by atoms with Gasteiger partial charge < -0.3 is 10.6 Å². The first-order chi connectivity index (χ1) is 7.69. The Labute approximate surface area is 103 Å². The van der Waals surface area contributed by atoms with Crippen LogP contribution < -0.4 is 10.6 Å². The van der Waals surface area contributed by atoms with Gasteiger partial charge in [-0.3, -0.25) is 4.79 Å². The van der Waals surface area contributed by atoms with E-state index in [0.717, 1.165) is 38.9 Å². The highest BCUT2D eigenvalue weighted by atomic mass is 32.2. The molecule has 3 nitrogen and oxygen atoms in total. The standard InChI is InChI=1S/C12H24N2OS/c1-12(5-8-13-9-6-12)11(15)14-7-3-4-10-16-2/h13H,3-10H2,1-2H3,(H,14,15). The molecule has 1 aliphatic rings. The second-order valence-corrected chi connectivity index (χ2v) is 5.75. The molecule has 0 saturated carbocycles. The zero-order chi connectivity index (χ0) is 11.9. The summed E-state index contributed by atoms with van der Waals surface area (Å²) >= 11 is 1.87. The zero-order valence-corrected chi connectivity index (χ0v) is 11.3. The van der Waals surface area contributed by atoms with Crippen LogP contribution in [0.4, 0.5) is 0 Å². The first kappa shape index (κ1) is 13.8. The van der Waals surface area contributed by atoms with Crippen molar-refractivity contribution in [3.05, 3.63) is 0 Å². The third-order valence-corrected chi connectivity index (χ3v) is 4.01. The first-order valence-electron chi connectivity index (χ1n) is 6.17. The van der Waals surface area contributed by atoms with Crippen LogP contribution in [-0.2, 0) is 4.79 Å². The van der Waals surface area contributed by atoms with E-state index in [-0.39, 0.29) is 11.3 Å². The molecule has 0 unspecified atom stereocenters. The molecule has 0 spiro atoms. The van der Waals surface area contributed by atoms with Crippen LogP contribution in [-0.4, -0.2) is 37.6 Å². The highest BCUT2D eigenvalue weighted by Crippen LogP contribution is 2.27. The van der Waals surface area contributed by atoms with Crippen molar-refractivity contribution in [2.24, 2.45) is 5.41 Å². The quantitative estimate of drug-likeness (QED) is 0.698. The molecular formula is C12H24N2OS. The van der Waals surface area contributed by atoms with Gasteiger partial charge in [-0.1, -0.05) is 6.92 Å². The van der Waals surface area contributed by atoms with Gasteiger partial charge >= 0.3 is 0 Å². The predicted molar refractivity (Wildman–Crippen MR) is 70.8 cm³/mol. The molecule has 0 bridgehead atoms. The molecule has 0 aromatic carbocycles. The summed E-state index contributed by atoms with van der Waals surface area (Å²) in [5.74, 6) is 1.44. The van der Waals surface area contributed by atoms with Crippen LogP contribution in [0, 0.1) is 5.41 Å². The summed E-state index contributed by atoms with van der Waals surface area (Å²) < 4.78 is 0. The molecular weight excluding hydrogens is 220 g/mol. The summed E-state index contributed by atoms with van der Waals surface area (Å²) in [6.45, 7) is 4.86. The van der Waals surface area contributed by atoms with E-state index in [1.807, 2.05) is 11.8 Å². The number of hydrogen-bond donors (Lipinski definition) is 2. The Bertz CT molecular complexity index is 215. The third kappa shape index (κ3) is 4.34. The smallest absolute Gasteiger partial charge is 0.226 e. The summed E-state index contributed by atoms with van der Waals surface area (Å²) in [5, 5.41) is 6.37. The molecule has 2 N–H and O–H groups in total. The lowest BCUT2D eigenvalue weighted by atomic mass is 9.80. The topological polar surface area (TPSA) is 41.1 Å². The van der Waals surface area contributed by atoms with Crippen LogP contribution in [0.3, 0.4) is 0 Å². The molecule has 0 radical (unpaired) electrons. The van der Waals surface area contributed by atoms with Crippen molar-refractivity contribution < 1.29 is 4.79 Å². The van der Waals surface area contributed by atoms with E-state index in [0.29, 0.717) is 0 Å². The molecule has 1 aliphatic heterocycles. The average molecular weight is 244 g/mol. The zero-order valence-electron chi connectivity index (χ0n) is 10.5. The highest BCUT2D eigenvalue weighted by molar-refractivity contribution is 7.98. The van der Waals surface area contributed by atoms with E-state index in [2.05, 4.69) is 23.8 Å². The normalized spacial score (nSPS) is 19.4. The Morgan fingerprint density at radius 1 is 1.38 bits per heavy atom. The Balaban J connectivity index is 2.18. The predicted octanol–water partition coefficient (Wildman–Crippen LogP) is 1.64. The van der Waals surface area contributed by atoms with Gasteiger partial charge in [-0.25, -0.2) is 0 Å². The number of rotatable bonds is 6. The molecule has 4 heteroatoms. The van der Waals surface area contributed by atoms with Gasteiger partial charge in [0, 0.05) is 12.0 Å². The second kappa shape index (κ2) is 7.17. The van der Waals surface area contributed by atoms with Gasteiger partial charge in [-0.05, 0) is 50.8 Å². The SMILES string of the molecule is CSCCCCNC(=O)C1(C)CCNCC1. The maximum atomic E-state index is 12.0. The number of amides is 1. The van der Waals surface area contributed by atoms with Crippen molar-refractivity contribution >= 4 is 17.7 Å². The Morgan fingerprint density at radius 2 is 2.06 bits per heavy atom. The molecule has 1 rings (SSSR count). The third-order valence-electron chi connectivity index (χ3n) is 3.32. The van der Waals surface area contributed by atoms with Gasteiger partial charge in [0.25, 0.3) is 0 Å². The Morgan fingerprint density at radius 3 is 2.69 bits per heavy atom. The van der Waals surface area contributed by atoms with Crippen molar-refractivity contribution in [2.45, 2.75) is 32.6 Å². The molecule has 1 saturated heterocycles. The van der Waals surface area contributed by atoms with E-state index in [4.69, 9.17) is 0 Å². The minimum Gasteiger partial charge on any atom is -0.356 e. The van der Waals surface area contributed by atoms with Crippen molar-refractivity contribution in [2.75, 3.05) is 31.6 Å². The van der Waals surface area contributed by atoms with E-state index in [1.54, 1.807) is 0 Å². The summed E-state index contributed by atoms with van der Waals surface area (Å²) in [6.07, 6.45) is 6.34. The summed E-state index contributed by atoms with van der Waals surface area (Å²) in [7, 11) is 0. The molecule has 1 heterocycles. The average Bonchev–Trinajstić information content (AvgIpc) is 2.29. The molecule has 94 valence electrons. The van der Waals surface area contributed by atoms with Gasteiger partial charge in [-0.2, -0.15) is 11.8 Å². The summed E-state index contributed by atoms with van der Waals surface area (Å²) in [5.41, 5.74) is -0.134. The fraction of sp³-hybridized carbons (Fsp3) is 0.917. The number of thioether (sulfide) groups is 1. The lowest BCUT2D eigenvalue weighted by molar-refractivity contribution is -0.131. The van der Waals surface area contributed by atoms with Gasteiger partial charge in [0.1, 0.15) is 0 Å². The number of carbonyl (C=O) groups is 1. The number of nitrogens with one attached hydrogen (secondary N) is 2. The Kier molecular flexibility index (Phi) is 6.21. The molecule has 0 aromatic rings. The van der Waals surface area contributed by atoms with E-state index in [1.165, 1.54) is 12.2 Å². The van der Waals surface area contributed by atoms with Crippen LogP contribution >= 0.6 is 11.8 Å². The van der Waals surface area contributed by atoms with Crippen LogP contribution in [0.25, 0.3) is 0 Å². The largest absolute Gasteiger partial charge is 0.356 e. The maximum Gasteiger partial charge on any atom is 0.226 e. The van der Waals surface area contributed by atoms with E-state index >= 15 is 0 Å². The number of carbonyl (C=O) groups excluding carboxylic acids is 1. The first-order valence-corrected chi connectivity index (χ1v) is 7.56. The molecule has 1 fully saturated rings. The number of piperidine rings is 1. The van der Waals surface area contributed by atoms with Crippen molar-refractivity contribution in [3.63, 3.8) is 0 Å². The minimum atomic E-state index is -0.134. The van der Waals surface area contributed by atoms with Crippen LogP contribution in [0.1, 0.15) is 32.6 Å². The lowest BCUT2D eigenvalue weighted by Gasteiger charge is -2.32. The maximum absolute atomic E-state index is 12.0. The monoisotopic (exact) mass is 244 g/mol. The molecule has 16 heavy (non-hydrogen) atoms. The van der Waals surface area contributed by atoms with Crippen LogP contribution in [0.5, 0.6) is 0 Å². The Hall–Kier alpha value is -0.220. The van der Waals surface area contributed by atoms with Gasteiger partial charge in [0.2, 0.25) is 5.91 Å². The summed E-state index contributed by atoms with van der Waals surface area (Å²) in [6, 6.07) is 0. The van der Waals surface area contributed by atoms with Crippen LogP contribution in [0.15, 0.2) is 0 Å². The van der Waals surface area contributed by atoms with Gasteiger partial charge in [0.15, 0.2) is 0 Å². The van der Waals surface area contributed by atoms with Crippen molar-refractivity contribution in [1.29, 1.82) is 0 Å². The second-order valence-electron chi connectivity index (χ2n) is 4.77. The van der Waals surface area contributed by atoms with Gasteiger partial charge in [-0.15, -0.1) is 0 Å². The molecule has 0 aromatic heterocycles.